The van der Waals surface area contributed by atoms with Crippen molar-refractivity contribution in [2.24, 2.45) is 0 Å². The van der Waals surface area contributed by atoms with E-state index in [0.717, 1.165) is 27.8 Å². The number of aryl methyl sites for hydroxylation is 2. The van der Waals surface area contributed by atoms with Crippen LogP contribution in [0.5, 0.6) is 5.75 Å². The zero-order valence-corrected chi connectivity index (χ0v) is 16.7. The fourth-order valence-electron chi connectivity index (χ4n) is 2.67. The molecule has 0 aliphatic rings. The van der Waals surface area contributed by atoms with Gasteiger partial charge in [-0.05, 0) is 60.2 Å². The van der Waals surface area contributed by atoms with Gasteiger partial charge in [-0.2, -0.15) is 0 Å². The fourth-order valence-corrected chi connectivity index (χ4v) is 3.66. The van der Waals surface area contributed by atoms with Crippen molar-refractivity contribution in [2.75, 3.05) is 18.6 Å². The summed E-state index contributed by atoms with van der Waals surface area (Å²) in [5, 5.41) is 0.834. The van der Waals surface area contributed by atoms with E-state index in [1.54, 1.807) is 0 Å². The Bertz CT molecular complexity index is 790. The van der Waals surface area contributed by atoms with Gasteiger partial charge in [0.1, 0.15) is 15.6 Å². The molecule has 0 spiro atoms. The molecule has 0 saturated carbocycles. The van der Waals surface area contributed by atoms with Crippen LogP contribution in [0.15, 0.2) is 36.4 Å². The lowest BCUT2D eigenvalue weighted by Crippen LogP contribution is -2.09. The summed E-state index contributed by atoms with van der Waals surface area (Å²) < 4.78 is 28.2. The number of hydrogen-bond donors (Lipinski definition) is 0. The van der Waals surface area contributed by atoms with Gasteiger partial charge in [0.15, 0.2) is 0 Å². The third-order valence-electron chi connectivity index (χ3n) is 3.78. The van der Waals surface area contributed by atoms with E-state index in [2.05, 4.69) is 52.3 Å². The molecule has 24 heavy (non-hydrogen) atoms. The number of sulfone groups is 1. The van der Waals surface area contributed by atoms with Crippen molar-refractivity contribution >= 4 is 25.8 Å². The molecule has 3 nitrogen and oxygen atoms in total. The van der Waals surface area contributed by atoms with E-state index in [1.807, 2.05) is 13.8 Å². The van der Waals surface area contributed by atoms with E-state index >= 15 is 0 Å². The molecule has 0 aliphatic carbocycles. The lowest BCUT2D eigenvalue weighted by atomic mass is 9.98. The molecule has 0 N–H and O–H groups in total. The number of alkyl halides is 1. The van der Waals surface area contributed by atoms with Crippen LogP contribution < -0.4 is 4.74 Å². The van der Waals surface area contributed by atoms with Crippen LogP contribution in [0.1, 0.15) is 23.1 Å². The highest BCUT2D eigenvalue weighted by atomic mass is 79.9. The normalized spacial score (nSPS) is 11.5. The molecule has 0 bridgehead atoms. The Labute approximate surface area is 153 Å². The van der Waals surface area contributed by atoms with Gasteiger partial charge in [-0.3, -0.25) is 0 Å². The molecule has 0 radical (unpaired) electrons. The van der Waals surface area contributed by atoms with Gasteiger partial charge < -0.3 is 4.74 Å². The fraction of sp³-hybridized carbons (Fsp3) is 0.368. The lowest BCUT2D eigenvalue weighted by molar-refractivity contribution is 0.313. The Morgan fingerprint density at radius 2 is 1.71 bits per heavy atom. The Balaban J connectivity index is 2.16. The average Bonchev–Trinajstić information content (AvgIpc) is 2.52. The Kier molecular flexibility index (Phi) is 6.47. The number of ether oxygens (including phenoxy) is 1. The predicted molar refractivity (Wildman–Crippen MR) is 104 cm³/mol. The van der Waals surface area contributed by atoms with Crippen molar-refractivity contribution in [3.05, 3.63) is 53.1 Å². The van der Waals surface area contributed by atoms with Crippen molar-refractivity contribution in [1.82, 2.24) is 0 Å². The molecule has 2 aromatic carbocycles. The van der Waals surface area contributed by atoms with Crippen LogP contribution in [0.25, 0.3) is 11.1 Å². The van der Waals surface area contributed by atoms with Crippen LogP contribution in [0, 0.1) is 13.8 Å². The molecule has 130 valence electrons. The highest BCUT2D eigenvalue weighted by Crippen LogP contribution is 2.31. The lowest BCUT2D eigenvalue weighted by Gasteiger charge is -2.14. The van der Waals surface area contributed by atoms with Crippen molar-refractivity contribution < 1.29 is 13.2 Å². The zero-order chi connectivity index (χ0) is 17.7. The van der Waals surface area contributed by atoms with Crippen LogP contribution in [0.2, 0.25) is 0 Å². The summed E-state index contributed by atoms with van der Waals surface area (Å²) in [6.07, 6.45) is 1.76. The van der Waals surface area contributed by atoms with Gasteiger partial charge in [0, 0.05) is 11.6 Å². The van der Waals surface area contributed by atoms with Gasteiger partial charge in [0.2, 0.25) is 0 Å². The van der Waals surface area contributed by atoms with Gasteiger partial charge in [0.25, 0.3) is 0 Å². The summed E-state index contributed by atoms with van der Waals surface area (Å²) in [4.78, 5) is 0. The predicted octanol–water partition coefficient (Wildman–Crippen LogP) is 4.68. The Morgan fingerprint density at radius 1 is 1.04 bits per heavy atom. The molecule has 0 aromatic heterocycles. The summed E-state index contributed by atoms with van der Waals surface area (Å²) in [6.45, 7) is 4.46. The van der Waals surface area contributed by atoms with Crippen molar-refractivity contribution in [3.63, 3.8) is 0 Å². The Hall–Kier alpha value is -1.33. The van der Waals surface area contributed by atoms with Gasteiger partial charge in [0.05, 0.1) is 12.4 Å². The third kappa shape index (κ3) is 5.35. The first-order chi connectivity index (χ1) is 11.3. The molecular formula is C19H23BrO3S. The summed E-state index contributed by atoms with van der Waals surface area (Å²) in [5.74, 6) is 1.01. The van der Waals surface area contributed by atoms with E-state index in [1.165, 1.54) is 17.4 Å². The van der Waals surface area contributed by atoms with Crippen LogP contribution in [0.3, 0.4) is 0 Å². The first-order valence-electron chi connectivity index (χ1n) is 7.87. The molecule has 0 saturated heterocycles. The van der Waals surface area contributed by atoms with Crippen LogP contribution in [-0.2, 0) is 15.2 Å². The third-order valence-corrected chi connectivity index (χ3v) is 5.46. The minimum Gasteiger partial charge on any atom is -0.493 e. The summed E-state index contributed by atoms with van der Waals surface area (Å²) in [6, 6.07) is 12.7. The van der Waals surface area contributed by atoms with E-state index in [9.17, 15) is 8.42 Å². The molecule has 0 heterocycles. The maximum Gasteiger partial charge on any atom is 0.147 e. The first kappa shape index (κ1) is 19.0. The molecule has 0 aliphatic heterocycles. The van der Waals surface area contributed by atoms with Crippen molar-refractivity contribution in [1.29, 1.82) is 0 Å². The molecule has 5 heteroatoms. The smallest absolute Gasteiger partial charge is 0.147 e. The highest BCUT2D eigenvalue weighted by molar-refractivity contribution is 9.08. The topological polar surface area (TPSA) is 43.4 Å². The largest absolute Gasteiger partial charge is 0.493 e. The molecule has 0 amide bonds. The summed E-state index contributed by atoms with van der Waals surface area (Å²) >= 11 is 3.49. The molecule has 2 rings (SSSR count). The second kappa shape index (κ2) is 8.17. The maximum absolute atomic E-state index is 11.2. The van der Waals surface area contributed by atoms with E-state index in [4.69, 9.17) is 4.74 Å². The minimum atomic E-state index is -2.93. The SMILES string of the molecule is Cc1cc(-c2cccc(CBr)c2)cc(C)c1OCCCS(C)(=O)=O. The number of rotatable bonds is 7. The van der Waals surface area contributed by atoms with Crippen LogP contribution >= 0.6 is 15.9 Å². The number of hydrogen-bond acceptors (Lipinski definition) is 3. The monoisotopic (exact) mass is 410 g/mol. The number of halogens is 1. The summed E-state index contributed by atoms with van der Waals surface area (Å²) in [7, 11) is -2.93. The van der Waals surface area contributed by atoms with Crippen molar-refractivity contribution in [2.45, 2.75) is 25.6 Å². The second-order valence-corrected chi connectivity index (χ2v) is 8.93. The van der Waals surface area contributed by atoms with E-state index in [0.29, 0.717) is 13.0 Å². The maximum atomic E-state index is 11.2. The molecule has 2 aromatic rings. The standard InChI is InChI=1S/C19H23BrO3S/c1-14-10-18(17-7-4-6-16(12-17)13-20)11-15(2)19(14)23-8-5-9-24(3,21)22/h4,6-7,10-12H,5,8-9,13H2,1-3H3. The van der Waals surface area contributed by atoms with Gasteiger partial charge >= 0.3 is 0 Å². The molecule has 0 fully saturated rings. The molecule has 0 atom stereocenters. The average molecular weight is 411 g/mol. The quantitative estimate of drug-likeness (QED) is 0.491. The Morgan fingerprint density at radius 3 is 2.29 bits per heavy atom. The second-order valence-electron chi connectivity index (χ2n) is 6.11. The van der Waals surface area contributed by atoms with Crippen LogP contribution in [0.4, 0.5) is 0 Å². The number of benzene rings is 2. The first-order valence-corrected chi connectivity index (χ1v) is 11.1. The summed E-state index contributed by atoms with van der Waals surface area (Å²) in [5.41, 5.74) is 5.71. The molecule has 0 unspecified atom stereocenters. The van der Waals surface area contributed by atoms with E-state index in [-0.39, 0.29) is 5.75 Å². The zero-order valence-electron chi connectivity index (χ0n) is 14.3. The van der Waals surface area contributed by atoms with Gasteiger partial charge in [-0.15, -0.1) is 0 Å². The van der Waals surface area contributed by atoms with Crippen molar-refractivity contribution in [3.8, 4) is 16.9 Å². The van der Waals surface area contributed by atoms with Gasteiger partial charge in [-0.1, -0.05) is 40.2 Å². The van der Waals surface area contributed by atoms with Gasteiger partial charge in [-0.25, -0.2) is 8.42 Å². The van der Waals surface area contributed by atoms with E-state index < -0.39 is 9.84 Å². The minimum absolute atomic E-state index is 0.155. The van der Waals surface area contributed by atoms with Crippen LogP contribution in [-0.4, -0.2) is 27.0 Å². The highest BCUT2D eigenvalue weighted by Gasteiger charge is 2.09. The molecular weight excluding hydrogens is 388 g/mol.